The molecule has 1 fully saturated rings. The number of halogens is 1. The molecule has 0 spiro atoms. The van der Waals surface area contributed by atoms with Crippen molar-refractivity contribution in [3.8, 4) is 0 Å². The van der Waals surface area contributed by atoms with E-state index in [-0.39, 0.29) is 29.9 Å². The number of nitrogens with zero attached hydrogens (tertiary/aromatic N) is 2. The van der Waals surface area contributed by atoms with Gasteiger partial charge in [-0.2, -0.15) is 0 Å². The summed E-state index contributed by atoms with van der Waals surface area (Å²) in [6.07, 6.45) is 2.74. The van der Waals surface area contributed by atoms with Crippen LogP contribution in [0.4, 0.5) is 5.69 Å². The van der Waals surface area contributed by atoms with E-state index in [1.165, 1.54) is 0 Å². The normalized spacial score (nSPS) is 14.8. The van der Waals surface area contributed by atoms with Crippen LogP contribution in [0.5, 0.6) is 0 Å². The van der Waals surface area contributed by atoms with Crippen molar-refractivity contribution in [1.29, 1.82) is 0 Å². The lowest BCUT2D eigenvalue weighted by atomic mass is 10.1. The first-order valence-corrected chi connectivity index (χ1v) is 9.23. The molecule has 1 aromatic carbocycles. The summed E-state index contributed by atoms with van der Waals surface area (Å²) in [7, 11) is 0. The molecule has 0 aromatic heterocycles. The van der Waals surface area contributed by atoms with Crippen molar-refractivity contribution in [3.05, 3.63) is 29.8 Å². The topological polar surface area (TPSA) is 66.0 Å². The van der Waals surface area contributed by atoms with Gasteiger partial charge >= 0.3 is 0 Å². The van der Waals surface area contributed by atoms with Crippen molar-refractivity contribution in [2.24, 2.45) is 4.99 Å². The third-order valence-electron chi connectivity index (χ3n) is 4.08. The number of rotatable bonds is 8. The van der Waals surface area contributed by atoms with Crippen molar-refractivity contribution in [2.75, 3.05) is 37.7 Å². The number of hydrogen-bond donors (Lipinski definition) is 2. The second-order valence-electron chi connectivity index (χ2n) is 5.99. The van der Waals surface area contributed by atoms with Gasteiger partial charge in [0.05, 0.1) is 13.2 Å². The number of amides is 1. The highest BCUT2D eigenvalue weighted by atomic mass is 127. The molecule has 7 heteroatoms. The molecule has 2 N–H and O–H groups in total. The van der Waals surface area contributed by atoms with Crippen LogP contribution < -0.4 is 15.5 Å². The monoisotopic (exact) mass is 474 g/mol. The zero-order valence-corrected chi connectivity index (χ0v) is 18.1. The first kappa shape index (κ1) is 22.7. The van der Waals surface area contributed by atoms with Gasteiger partial charge in [0.2, 0.25) is 5.91 Å². The molecular formula is C19H31IN4O2. The summed E-state index contributed by atoms with van der Waals surface area (Å²) in [5.74, 6) is 1.02. The van der Waals surface area contributed by atoms with Gasteiger partial charge in [0, 0.05) is 38.3 Å². The van der Waals surface area contributed by atoms with E-state index in [4.69, 9.17) is 4.74 Å². The highest BCUT2D eigenvalue weighted by Gasteiger charge is 2.19. The average molecular weight is 474 g/mol. The molecule has 0 aliphatic carbocycles. The van der Waals surface area contributed by atoms with Gasteiger partial charge in [-0.15, -0.1) is 24.0 Å². The minimum absolute atomic E-state index is 0. The molecule has 1 amide bonds. The Morgan fingerprint density at radius 2 is 1.96 bits per heavy atom. The molecule has 26 heavy (non-hydrogen) atoms. The number of ether oxygens (including phenoxy) is 1. The summed E-state index contributed by atoms with van der Waals surface area (Å²) < 4.78 is 5.33. The predicted molar refractivity (Wildman–Crippen MR) is 117 cm³/mol. The summed E-state index contributed by atoms with van der Waals surface area (Å²) in [5.41, 5.74) is 2.11. The fourth-order valence-electron chi connectivity index (χ4n) is 2.76. The van der Waals surface area contributed by atoms with E-state index < -0.39 is 0 Å². The number of benzene rings is 1. The lowest BCUT2D eigenvalue weighted by Gasteiger charge is -2.26. The van der Waals surface area contributed by atoms with E-state index >= 15 is 0 Å². The summed E-state index contributed by atoms with van der Waals surface area (Å²) in [6, 6.07) is 8.13. The highest BCUT2D eigenvalue weighted by Crippen LogP contribution is 2.21. The molecule has 2 rings (SSSR count). The number of piperidine rings is 1. The van der Waals surface area contributed by atoms with Gasteiger partial charge in [0.25, 0.3) is 0 Å². The fourth-order valence-corrected chi connectivity index (χ4v) is 2.76. The Bertz CT molecular complexity index is 563. The summed E-state index contributed by atoms with van der Waals surface area (Å²) >= 11 is 0. The zero-order valence-electron chi connectivity index (χ0n) is 15.8. The van der Waals surface area contributed by atoms with E-state index in [1.807, 2.05) is 43.0 Å². The molecule has 1 heterocycles. The lowest BCUT2D eigenvalue weighted by Crippen LogP contribution is -2.39. The molecule has 1 saturated heterocycles. The van der Waals surface area contributed by atoms with Crippen LogP contribution >= 0.6 is 24.0 Å². The average Bonchev–Trinajstić information content (AvgIpc) is 2.64. The molecule has 0 unspecified atom stereocenters. The molecule has 1 aliphatic heterocycles. The van der Waals surface area contributed by atoms with Crippen LogP contribution in [0.1, 0.15) is 38.7 Å². The number of carbonyl (C=O) groups excluding carboxylic acids is 1. The Hall–Kier alpha value is -1.35. The molecule has 0 bridgehead atoms. The Labute approximate surface area is 173 Å². The van der Waals surface area contributed by atoms with Gasteiger partial charge in [0.1, 0.15) is 0 Å². The van der Waals surface area contributed by atoms with Crippen molar-refractivity contribution in [1.82, 2.24) is 10.6 Å². The van der Waals surface area contributed by atoms with Crippen LogP contribution in [-0.4, -0.2) is 44.7 Å². The number of guanidine groups is 1. The smallest absolute Gasteiger partial charge is 0.226 e. The van der Waals surface area contributed by atoms with E-state index in [0.717, 1.165) is 56.3 Å². The van der Waals surface area contributed by atoms with Crippen LogP contribution in [0.2, 0.25) is 0 Å². The molecular weight excluding hydrogens is 443 g/mol. The second kappa shape index (κ2) is 12.9. The Kier molecular flexibility index (Phi) is 11.3. The van der Waals surface area contributed by atoms with Gasteiger partial charge in [0.15, 0.2) is 5.96 Å². The number of anilines is 1. The molecule has 146 valence electrons. The maximum atomic E-state index is 12.0. The van der Waals surface area contributed by atoms with Crippen LogP contribution in [-0.2, 0) is 16.1 Å². The molecule has 0 saturated carbocycles. The first-order valence-electron chi connectivity index (χ1n) is 9.23. The maximum Gasteiger partial charge on any atom is 0.226 e. The quantitative estimate of drug-likeness (QED) is 0.263. The molecule has 0 atom stereocenters. The third-order valence-corrected chi connectivity index (χ3v) is 4.08. The largest absolute Gasteiger partial charge is 0.380 e. The molecule has 1 aromatic rings. The van der Waals surface area contributed by atoms with Crippen LogP contribution in [0, 0.1) is 0 Å². The Morgan fingerprint density at radius 3 is 2.62 bits per heavy atom. The minimum atomic E-state index is 0. The van der Waals surface area contributed by atoms with Crippen LogP contribution in [0.3, 0.4) is 0 Å². The minimum Gasteiger partial charge on any atom is -0.380 e. The highest BCUT2D eigenvalue weighted by molar-refractivity contribution is 14.0. The van der Waals surface area contributed by atoms with Gasteiger partial charge in [-0.25, -0.2) is 4.99 Å². The van der Waals surface area contributed by atoms with Crippen LogP contribution in [0.25, 0.3) is 0 Å². The second-order valence-corrected chi connectivity index (χ2v) is 5.99. The zero-order chi connectivity index (χ0) is 17.9. The van der Waals surface area contributed by atoms with E-state index in [2.05, 4.69) is 15.6 Å². The van der Waals surface area contributed by atoms with Crippen molar-refractivity contribution < 1.29 is 9.53 Å². The standard InChI is InChI=1S/C19H30N4O2.HI/c1-3-20-19(21-12-14-25-4-2)22-15-16-8-10-17(11-9-16)23-13-6-5-7-18(23)24;/h8-11H,3-7,12-15H2,1-2H3,(H2,20,21,22);1H. The lowest BCUT2D eigenvalue weighted by molar-refractivity contribution is -0.119. The van der Waals surface area contributed by atoms with Crippen LogP contribution in [0.15, 0.2) is 29.3 Å². The summed E-state index contributed by atoms with van der Waals surface area (Å²) in [5, 5.41) is 6.48. The van der Waals surface area contributed by atoms with Gasteiger partial charge in [-0.3, -0.25) is 4.79 Å². The number of hydrogen-bond acceptors (Lipinski definition) is 3. The van der Waals surface area contributed by atoms with E-state index in [1.54, 1.807) is 0 Å². The summed E-state index contributed by atoms with van der Waals surface area (Å²) in [6.45, 7) is 8.39. The van der Waals surface area contributed by atoms with Gasteiger partial charge in [-0.1, -0.05) is 12.1 Å². The molecule has 1 aliphatic rings. The number of aliphatic imine (C=N–C) groups is 1. The maximum absolute atomic E-state index is 12.0. The summed E-state index contributed by atoms with van der Waals surface area (Å²) in [4.78, 5) is 18.5. The van der Waals surface area contributed by atoms with E-state index in [9.17, 15) is 4.79 Å². The Balaban J connectivity index is 0.00000338. The molecule has 6 nitrogen and oxygen atoms in total. The van der Waals surface area contributed by atoms with Gasteiger partial charge in [-0.05, 0) is 44.4 Å². The van der Waals surface area contributed by atoms with Gasteiger partial charge < -0.3 is 20.3 Å². The molecule has 0 radical (unpaired) electrons. The third kappa shape index (κ3) is 7.49. The predicted octanol–water partition coefficient (Wildman–Crippen LogP) is 2.91. The first-order chi connectivity index (χ1) is 12.2. The fraction of sp³-hybridized carbons (Fsp3) is 0.579. The van der Waals surface area contributed by atoms with Crippen molar-refractivity contribution in [3.63, 3.8) is 0 Å². The van der Waals surface area contributed by atoms with Crippen molar-refractivity contribution in [2.45, 2.75) is 39.7 Å². The van der Waals surface area contributed by atoms with E-state index in [0.29, 0.717) is 19.6 Å². The van der Waals surface area contributed by atoms with Crippen molar-refractivity contribution >= 4 is 41.5 Å². The number of carbonyl (C=O) groups is 1. The Morgan fingerprint density at radius 1 is 1.19 bits per heavy atom. The number of nitrogens with one attached hydrogen (secondary N) is 2. The SMILES string of the molecule is CCNC(=NCc1ccc(N2CCCCC2=O)cc1)NCCOCC.I.